The van der Waals surface area contributed by atoms with Gasteiger partial charge in [0.05, 0.1) is 0 Å². The Morgan fingerprint density at radius 3 is 2.61 bits per heavy atom. The largest absolute Gasteiger partial charge is 0.341 e. The van der Waals surface area contributed by atoms with E-state index in [0.29, 0.717) is 25.1 Å². The number of carbonyl (C=O) groups is 2. The topological polar surface area (TPSA) is 53.5 Å². The van der Waals surface area contributed by atoms with Gasteiger partial charge < -0.3 is 9.80 Å². The first-order valence-electron chi connectivity index (χ1n) is 11.1. The minimum atomic E-state index is -0.00476. The van der Waals surface area contributed by atoms with Crippen molar-refractivity contribution in [1.29, 1.82) is 0 Å². The summed E-state index contributed by atoms with van der Waals surface area (Å²) in [5.41, 5.74) is 5.58. The van der Waals surface area contributed by atoms with Gasteiger partial charge in [0, 0.05) is 56.6 Å². The summed E-state index contributed by atoms with van der Waals surface area (Å²) < 4.78 is 0. The lowest BCUT2D eigenvalue weighted by Crippen LogP contribution is -2.29. The highest BCUT2D eigenvalue weighted by Gasteiger charge is 2.24. The van der Waals surface area contributed by atoms with E-state index >= 15 is 0 Å². The number of amides is 2. The zero-order chi connectivity index (χ0) is 22.9. The summed E-state index contributed by atoms with van der Waals surface area (Å²) in [5, 5.41) is 1.96. The minimum absolute atomic E-state index is 0.00476. The first kappa shape index (κ1) is 20.9. The number of pyridine rings is 1. The van der Waals surface area contributed by atoms with E-state index in [4.69, 9.17) is 0 Å². The van der Waals surface area contributed by atoms with Crippen LogP contribution < -0.4 is 0 Å². The summed E-state index contributed by atoms with van der Waals surface area (Å²) in [7, 11) is 3.66. The summed E-state index contributed by atoms with van der Waals surface area (Å²) in [6.07, 6.45) is 2.48. The highest BCUT2D eigenvalue weighted by Crippen LogP contribution is 2.33. The van der Waals surface area contributed by atoms with Gasteiger partial charge in [0.15, 0.2) is 0 Å². The van der Waals surface area contributed by atoms with Crippen LogP contribution in [0.1, 0.15) is 32.0 Å². The van der Waals surface area contributed by atoms with Crippen molar-refractivity contribution < 1.29 is 9.59 Å². The number of likely N-dealkylation sites (N-methyl/N-ethyl adjacent to an activating group) is 1. The number of hydrogen-bond acceptors (Lipinski definition) is 3. The molecule has 0 unspecified atom stereocenters. The molecule has 0 N–H and O–H groups in total. The van der Waals surface area contributed by atoms with Crippen molar-refractivity contribution in [2.24, 2.45) is 0 Å². The monoisotopic (exact) mass is 435 g/mol. The minimum Gasteiger partial charge on any atom is -0.341 e. The van der Waals surface area contributed by atoms with Gasteiger partial charge in [-0.15, -0.1) is 0 Å². The predicted molar refractivity (Wildman–Crippen MR) is 130 cm³/mol. The highest BCUT2D eigenvalue weighted by atomic mass is 16.2. The second-order valence-corrected chi connectivity index (χ2v) is 8.54. The van der Waals surface area contributed by atoms with Crippen LogP contribution in [-0.4, -0.2) is 47.2 Å². The van der Waals surface area contributed by atoms with Gasteiger partial charge in [-0.2, -0.15) is 0 Å². The van der Waals surface area contributed by atoms with E-state index in [1.54, 1.807) is 16.0 Å². The normalized spacial score (nSPS) is 12.8. The lowest BCUT2D eigenvalue weighted by atomic mass is 9.93. The van der Waals surface area contributed by atoms with Gasteiger partial charge in [0.1, 0.15) is 0 Å². The summed E-state index contributed by atoms with van der Waals surface area (Å²) in [6.45, 7) is 1.22. The maximum atomic E-state index is 13.3. The molecule has 1 aromatic heterocycles. The van der Waals surface area contributed by atoms with Crippen LogP contribution in [0.3, 0.4) is 0 Å². The standard InChI is InChI=1S/C28H25N3O2/c1-30(16-14-21-7-3-4-15-29-21)28(33)26-11-6-9-24-22(8-5-10-25(24)26)19-12-13-23-20(17-19)18-31(2)27(23)32/h3-13,15,17H,14,16,18H2,1-2H3. The summed E-state index contributed by atoms with van der Waals surface area (Å²) in [5.74, 6) is 0.0611. The Morgan fingerprint density at radius 1 is 0.970 bits per heavy atom. The van der Waals surface area contributed by atoms with Crippen LogP contribution in [0.2, 0.25) is 0 Å². The molecule has 5 nitrogen and oxygen atoms in total. The van der Waals surface area contributed by atoms with E-state index in [0.717, 1.165) is 38.7 Å². The number of rotatable bonds is 5. The lowest BCUT2D eigenvalue weighted by Gasteiger charge is -2.19. The molecule has 3 aromatic carbocycles. The molecule has 0 radical (unpaired) electrons. The molecule has 0 atom stereocenters. The van der Waals surface area contributed by atoms with Crippen LogP contribution in [-0.2, 0) is 13.0 Å². The Hall–Kier alpha value is -3.99. The molecule has 0 aliphatic carbocycles. The van der Waals surface area contributed by atoms with Gasteiger partial charge in [-0.3, -0.25) is 14.6 Å². The summed E-state index contributed by atoms with van der Waals surface area (Å²) in [4.78, 5) is 33.4. The quantitative estimate of drug-likeness (QED) is 0.452. The van der Waals surface area contributed by atoms with Crippen LogP contribution in [0.4, 0.5) is 0 Å². The fourth-order valence-corrected chi connectivity index (χ4v) is 4.52. The Labute approximate surface area is 193 Å². The van der Waals surface area contributed by atoms with Crippen molar-refractivity contribution in [3.8, 4) is 11.1 Å². The van der Waals surface area contributed by atoms with Gasteiger partial charge in [0.25, 0.3) is 11.8 Å². The third-order valence-electron chi connectivity index (χ3n) is 6.33. The van der Waals surface area contributed by atoms with Crippen LogP contribution in [0.25, 0.3) is 21.9 Å². The Balaban J connectivity index is 1.47. The number of fused-ring (bicyclic) bond motifs is 2. The third kappa shape index (κ3) is 3.87. The molecule has 5 rings (SSSR count). The SMILES string of the molecule is CN1Cc2cc(-c3cccc4c(C(=O)N(C)CCc5ccccn5)cccc34)ccc2C1=O. The smallest absolute Gasteiger partial charge is 0.254 e. The Bertz CT molecular complexity index is 1360. The van der Waals surface area contributed by atoms with Crippen molar-refractivity contribution >= 4 is 22.6 Å². The zero-order valence-corrected chi connectivity index (χ0v) is 18.8. The maximum Gasteiger partial charge on any atom is 0.254 e. The van der Waals surface area contributed by atoms with E-state index in [1.807, 2.05) is 68.7 Å². The average Bonchev–Trinajstić information content (AvgIpc) is 3.14. The lowest BCUT2D eigenvalue weighted by molar-refractivity contribution is 0.0795. The maximum absolute atomic E-state index is 13.3. The number of aromatic nitrogens is 1. The molecule has 1 aliphatic rings. The van der Waals surface area contributed by atoms with Crippen molar-refractivity contribution in [1.82, 2.24) is 14.8 Å². The number of carbonyl (C=O) groups excluding carboxylic acids is 2. The van der Waals surface area contributed by atoms with Crippen LogP contribution in [0, 0.1) is 0 Å². The molecule has 4 aromatic rings. The summed E-state index contributed by atoms with van der Waals surface area (Å²) in [6, 6.07) is 23.8. The molecule has 2 amide bonds. The molecule has 0 saturated carbocycles. The van der Waals surface area contributed by atoms with Gasteiger partial charge in [-0.1, -0.05) is 42.5 Å². The predicted octanol–water partition coefficient (Wildman–Crippen LogP) is 4.80. The molecule has 0 fully saturated rings. The second-order valence-electron chi connectivity index (χ2n) is 8.54. The van der Waals surface area contributed by atoms with E-state index in [9.17, 15) is 9.59 Å². The first-order chi connectivity index (χ1) is 16.0. The number of hydrogen-bond donors (Lipinski definition) is 0. The second kappa shape index (κ2) is 8.51. The van der Waals surface area contributed by atoms with E-state index in [2.05, 4.69) is 23.2 Å². The number of nitrogens with zero attached hydrogens (tertiary/aromatic N) is 3. The highest BCUT2D eigenvalue weighted by molar-refractivity contribution is 6.10. The molecule has 1 aliphatic heterocycles. The molecular formula is C28H25N3O2. The molecule has 5 heteroatoms. The van der Waals surface area contributed by atoms with Gasteiger partial charge in [-0.05, 0) is 57.8 Å². The molecule has 2 heterocycles. The fraction of sp³-hybridized carbons (Fsp3) is 0.179. The molecule has 0 spiro atoms. The fourth-order valence-electron chi connectivity index (χ4n) is 4.52. The molecule has 0 saturated heterocycles. The van der Waals surface area contributed by atoms with Crippen molar-refractivity contribution in [3.63, 3.8) is 0 Å². The molecule has 164 valence electrons. The first-order valence-corrected chi connectivity index (χ1v) is 11.1. The van der Waals surface area contributed by atoms with Crippen LogP contribution >= 0.6 is 0 Å². The molecule has 0 bridgehead atoms. The van der Waals surface area contributed by atoms with Gasteiger partial charge in [0.2, 0.25) is 0 Å². The van der Waals surface area contributed by atoms with Crippen molar-refractivity contribution in [2.45, 2.75) is 13.0 Å². The Morgan fingerprint density at radius 2 is 1.79 bits per heavy atom. The Kier molecular flexibility index (Phi) is 5.38. The van der Waals surface area contributed by atoms with E-state index in [1.165, 1.54) is 0 Å². The molecule has 33 heavy (non-hydrogen) atoms. The number of benzene rings is 3. The average molecular weight is 436 g/mol. The van der Waals surface area contributed by atoms with Crippen molar-refractivity contribution in [2.75, 3.05) is 20.6 Å². The van der Waals surface area contributed by atoms with Gasteiger partial charge in [-0.25, -0.2) is 0 Å². The van der Waals surface area contributed by atoms with Crippen LogP contribution in [0.5, 0.6) is 0 Å². The van der Waals surface area contributed by atoms with Crippen molar-refractivity contribution in [3.05, 3.63) is 101 Å². The van der Waals surface area contributed by atoms with Gasteiger partial charge >= 0.3 is 0 Å². The third-order valence-corrected chi connectivity index (χ3v) is 6.33. The van der Waals surface area contributed by atoms with E-state index < -0.39 is 0 Å². The zero-order valence-electron chi connectivity index (χ0n) is 18.8. The summed E-state index contributed by atoms with van der Waals surface area (Å²) >= 11 is 0. The molecular weight excluding hydrogens is 410 g/mol. The van der Waals surface area contributed by atoms with E-state index in [-0.39, 0.29) is 11.8 Å². The van der Waals surface area contributed by atoms with Crippen LogP contribution in [0.15, 0.2) is 79.0 Å².